The average Bonchev–Trinajstić information content (AvgIpc) is 2.34. The standard InChI is InChI=1S/C4H10O2.2C2HF5O3S/c1-4(6)2-3-5;2*3-1(4,5)2(6,7)11(8,9)10/h4-6H,2-3H2,1H3;2*(H,8,9,10). The van der Waals surface area contributed by atoms with E-state index in [9.17, 15) is 60.7 Å². The minimum Gasteiger partial charge on any atom is -0.396 e. The molecule has 0 aliphatic carbocycles. The summed E-state index contributed by atoms with van der Waals surface area (Å²) in [6, 6.07) is 0. The first kappa shape index (κ1) is 31.7. The fourth-order valence-corrected chi connectivity index (χ4v) is 1.06. The van der Waals surface area contributed by atoms with Crippen molar-refractivity contribution in [2.24, 2.45) is 0 Å². The zero-order valence-electron chi connectivity index (χ0n) is 13.0. The van der Waals surface area contributed by atoms with E-state index in [2.05, 4.69) is 0 Å². The number of aliphatic hydroxyl groups is 2. The van der Waals surface area contributed by atoms with E-state index < -0.39 is 43.1 Å². The van der Waals surface area contributed by atoms with E-state index in [4.69, 9.17) is 19.3 Å². The van der Waals surface area contributed by atoms with Crippen molar-refractivity contribution in [2.75, 3.05) is 6.61 Å². The van der Waals surface area contributed by atoms with Gasteiger partial charge in [-0.2, -0.15) is 60.7 Å². The molecule has 0 fully saturated rings. The molecule has 28 heavy (non-hydrogen) atoms. The highest BCUT2D eigenvalue weighted by molar-refractivity contribution is 7.87. The fourth-order valence-electron chi connectivity index (χ4n) is 0.479. The highest BCUT2D eigenvalue weighted by Gasteiger charge is 2.68. The molecule has 1 unspecified atom stereocenters. The number of halogens is 10. The van der Waals surface area contributed by atoms with Crippen LogP contribution in [0.1, 0.15) is 13.3 Å². The number of aliphatic hydroxyl groups excluding tert-OH is 2. The first-order chi connectivity index (χ1) is 11.8. The van der Waals surface area contributed by atoms with Gasteiger partial charge in [-0.05, 0) is 13.3 Å². The maximum absolute atomic E-state index is 11.5. The molecule has 0 bridgehead atoms. The van der Waals surface area contributed by atoms with Gasteiger partial charge in [0, 0.05) is 6.61 Å². The molecule has 0 heterocycles. The van der Waals surface area contributed by atoms with E-state index in [1.54, 1.807) is 6.92 Å². The molecule has 0 saturated carbocycles. The Labute approximate surface area is 150 Å². The maximum atomic E-state index is 11.5. The summed E-state index contributed by atoms with van der Waals surface area (Å²) in [5, 5.41) is 4.27. The third-order valence-corrected chi connectivity index (χ3v) is 3.61. The Kier molecular flexibility index (Phi) is 11.5. The summed E-state index contributed by atoms with van der Waals surface area (Å²) in [5.41, 5.74) is 0. The summed E-state index contributed by atoms with van der Waals surface area (Å²) < 4.78 is 164. The molecule has 20 heteroatoms. The predicted molar refractivity (Wildman–Crippen MR) is 68.5 cm³/mol. The van der Waals surface area contributed by atoms with Crippen LogP contribution in [-0.4, -0.2) is 71.7 Å². The fraction of sp³-hybridized carbons (Fsp3) is 1.00. The first-order valence-corrected chi connectivity index (χ1v) is 8.77. The molecular formula is C8H12F10O8S2. The van der Waals surface area contributed by atoms with Crippen LogP contribution in [0.3, 0.4) is 0 Å². The summed E-state index contributed by atoms with van der Waals surface area (Å²) in [7, 11) is -12.8. The lowest BCUT2D eigenvalue weighted by Crippen LogP contribution is -2.43. The molecule has 0 rings (SSSR count). The predicted octanol–water partition coefficient (Wildman–Crippen LogP) is 1.81. The molecule has 0 amide bonds. The molecule has 8 nitrogen and oxygen atoms in total. The summed E-state index contributed by atoms with van der Waals surface area (Å²) in [5.74, 6) is 0. The van der Waals surface area contributed by atoms with Gasteiger partial charge < -0.3 is 10.2 Å². The van der Waals surface area contributed by atoms with Gasteiger partial charge in [-0.1, -0.05) is 0 Å². The van der Waals surface area contributed by atoms with Crippen LogP contribution in [-0.2, 0) is 20.2 Å². The van der Waals surface area contributed by atoms with Crippen LogP contribution in [0.5, 0.6) is 0 Å². The van der Waals surface area contributed by atoms with Gasteiger partial charge in [0.2, 0.25) is 0 Å². The normalized spacial score (nSPS) is 15.0. The van der Waals surface area contributed by atoms with Crippen LogP contribution in [0, 0.1) is 0 Å². The summed E-state index contributed by atoms with van der Waals surface area (Å²) in [6.07, 6.45) is -12.4. The maximum Gasteiger partial charge on any atom is 0.472 e. The zero-order chi connectivity index (χ0) is 24.0. The van der Waals surface area contributed by atoms with Gasteiger partial charge in [-0.25, -0.2) is 0 Å². The highest BCUT2D eigenvalue weighted by atomic mass is 32.2. The van der Waals surface area contributed by atoms with Gasteiger partial charge in [0.15, 0.2) is 0 Å². The minimum absolute atomic E-state index is 0.0810. The molecule has 4 N–H and O–H groups in total. The SMILES string of the molecule is CC(O)CCO.O=S(=O)(O)C(F)(F)C(F)(F)F.O=S(=O)(O)C(F)(F)C(F)(F)F. The van der Waals surface area contributed by atoms with Gasteiger partial charge in [0.05, 0.1) is 6.10 Å². The second-order valence-electron chi connectivity index (χ2n) is 4.34. The molecular weight excluding hydrogens is 478 g/mol. The molecule has 0 saturated heterocycles. The molecule has 0 aromatic heterocycles. The van der Waals surface area contributed by atoms with Crippen LogP contribution in [0.2, 0.25) is 0 Å². The van der Waals surface area contributed by atoms with Crippen molar-refractivity contribution < 1.29 is 80.1 Å². The first-order valence-electron chi connectivity index (χ1n) is 5.89. The Bertz CT molecular complexity index is 611. The monoisotopic (exact) mass is 490 g/mol. The van der Waals surface area contributed by atoms with E-state index in [0.717, 1.165) is 0 Å². The number of alkyl halides is 10. The molecule has 174 valence electrons. The van der Waals surface area contributed by atoms with E-state index in [1.807, 2.05) is 0 Å². The summed E-state index contributed by atoms with van der Waals surface area (Å²) in [4.78, 5) is 0. The Morgan fingerprint density at radius 2 is 0.929 bits per heavy atom. The number of hydrogen-bond acceptors (Lipinski definition) is 6. The van der Waals surface area contributed by atoms with Gasteiger partial charge in [0.1, 0.15) is 0 Å². The molecule has 0 aliphatic rings. The van der Waals surface area contributed by atoms with Crippen LogP contribution < -0.4 is 0 Å². The lowest BCUT2D eigenvalue weighted by molar-refractivity contribution is -0.243. The highest BCUT2D eigenvalue weighted by Crippen LogP contribution is 2.39. The summed E-state index contributed by atoms with van der Waals surface area (Å²) >= 11 is 0. The second kappa shape index (κ2) is 10.2. The molecule has 0 aliphatic heterocycles. The quantitative estimate of drug-likeness (QED) is 0.345. The zero-order valence-corrected chi connectivity index (χ0v) is 14.6. The third kappa shape index (κ3) is 10.0. The van der Waals surface area contributed by atoms with Crippen LogP contribution in [0.25, 0.3) is 0 Å². The van der Waals surface area contributed by atoms with Gasteiger partial charge in [-0.3, -0.25) is 9.11 Å². The number of rotatable bonds is 4. The minimum atomic E-state index is -6.42. The lowest BCUT2D eigenvalue weighted by Gasteiger charge is -2.15. The van der Waals surface area contributed by atoms with Crippen molar-refractivity contribution in [3.63, 3.8) is 0 Å². The molecule has 0 aromatic rings. The van der Waals surface area contributed by atoms with Gasteiger partial charge in [-0.15, -0.1) is 0 Å². The van der Waals surface area contributed by atoms with Crippen molar-refractivity contribution in [1.29, 1.82) is 0 Å². The van der Waals surface area contributed by atoms with Gasteiger partial charge in [0.25, 0.3) is 0 Å². The van der Waals surface area contributed by atoms with Crippen molar-refractivity contribution in [1.82, 2.24) is 0 Å². The molecule has 0 radical (unpaired) electrons. The van der Waals surface area contributed by atoms with Crippen molar-refractivity contribution >= 4 is 20.2 Å². The third-order valence-electron chi connectivity index (χ3n) is 1.85. The number of hydrogen-bond donors (Lipinski definition) is 4. The smallest absolute Gasteiger partial charge is 0.396 e. The van der Waals surface area contributed by atoms with E-state index in [1.165, 1.54) is 0 Å². The van der Waals surface area contributed by atoms with Crippen LogP contribution in [0.4, 0.5) is 43.9 Å². The Morgan fingerprint density at radius 3 is 0.929 bits per heavy atom. The van der Waals surface area contributed by atoms with Crippen molar-refractivity contribution in [3.8, 4) is 0 Å². The molecule has 1 atom stereocenters. The Balaban J connectivity index is -0.000000351. The molecule has 0 aromatic carbocycles. The largest absolute Gasteiger partial charge is 0.472 e. The summed E-state index contributed by atoms with van der Waals surface area (Å²) in [6.45, 7) is 1.73. The Hall–Kier alpha value is -0.960. The van der Waals surface area contributed by atoms with Crippen LogP contribution in [0.15, 0.2) is 0 Å². The second-order valence-corrected chi connectivity index (χ2v) is 7.27. The lowest BCUT2D eigenvalue weighted by atomic mass is 10.3. The topological polar surface area (TPSA) is 149 Å². The van der Waals surface area contributed by atoms with Crippen molar-refractivity contribution in [2.45, 2.75) is 42.3 Å². The van der Waals surface area contributed by atoms with Crippen LogP contribution >= 0.6 is 0 Å². The van der Waals surface area contributed by atoms with Crippen molar-refractivity contribution in [3.05, 3.63) is 0 Å². The van der Waals surface area contributed by atoms with E-state index in [0.29, 0.717) is 6.42 Å². The van der Waals surface area contributed by atoms with Gasteiger partial charge >= 0.3 is 43.1 Å². The van der Waals surface area contributed by atoms with E-state index in [-0.39, 0.29) is 12.7 Å². The Morgan fingerprint density at radius 1 is 0.714 bits per heavy atom. The average molecular weight is 490 g/mol. The van der Waals surface area contributed by atoms with E-state index >= 15 is 0 Å². The molecule has 0 spiro atoms.